The zero-order valence-corrected chi connectivity index (χ0v) is 9.44. The van der Waals surface area contributed by atoms with Gasteiger partial charge in [-0.3, -0.25) is 0 Å². The fourth-order valence-electron chi connectivity index (χ4n) is 2.16. The molecule has 1 nitrogen and oxygen atoms in total. The minimum absolute atomic E-state index is 0.200. The molecule has 2 aromatic carbocycles. The zero-order chi connectivity index (χ0) is 11.8. The van der Waals surface area contributed by atoms with Gasteiger partial charge in [0.25, 0.3) is 0 Å². The highest BCUT2D eigenvalue weighted by atomic mass is 19.1. The second kappa shape index (κ2) is 3.97. The lowest BCUT2D eigenvalue weighted by atomic mass is 10.0. The highest BCUT2D eigenvalue weighted by molar-refractivity contribution is 5.63. The van der Waals surface area contributed by atoms with Crippen molar-refractivity contribution in [2.24, 2.45) is 5.73 Å². The second-order valence-corrected chi connectivity index (χ2v) is 4.63. The molecule has 2 heteroatoms. The number of nitrogens with two attached hydrogens (primary N) is 1. The van der Waals surface area contributed by atoms with Crippen LogP contribution in [0.4, 0.5) is 4.39 Å². The summed E-state index contributed by atoms with van der Waals surface area (Å²) in [7, 11) is 0. The van der Waals surface area contributed by atoms with Gasteiger partial charge >= 0.3 is 0 Å². The van der Waals surface area contributed by atoms with E-state index in [2.05, 4.69) is 24.3 Å². The molecule has 0 aromatic heterocycles. The largest absolute Gasteiger partial charge is 0.327 e. The molecule has 0 saturated heterocycles. The van der Waals surface area contributed by atoms with Crippen LogP contribution in [0.1, 0.15) is 17.9 Å². The van der Waals surface area contributed by atoms with Crippen molar-refractivity contribution < 1.29 is 4.39 Å². The van der Waals surface area contributed by atoms with E-state index >= 15 is 0 Å². The summed E-state index contributed by atoms with van der Waals surface area (Å²) < 4.78 is 12.8. The molecule has 2 aromatic rings. The van der Waals surface area contributed by atoms with Gasteiger partial charge in [-0.15, -0.1) is 0 Å². The van der Waals surface area contributed by atoms with E-state index < -0.39 is 0 Å². The summed E-state index contributed by atoms with van der Waals surface area (Å²) in [6.45, 7) is 0. The molecular formula is C15H14FN. The Morgan fingerprint density at radius 3 is 1.82 bits per heavy atom. The van der Waals surface area contributed by atoms with Crippen LogP contribution in [0.25, 0.3) is 11.1 Å². The Morgan fingerprint density at radius 1 is 0.882 bits per heavy atom. The lowest BCUT2D eigenvalue weighted by molar-refractivity contribution is 0.628. The lowest BCUT2D eigenvalue weighted by Crippen LogP contribution is -2.00. The molecular weight excluding hydrogens is 213 g/mol. The Labute approximate surface area is 100 Å². The second-order valence-electron chi connectivity index (χ2n) is 4.63. The van der Waals surface area contributed by atoms with E-state index in [4.69, 9.17) is 5.73 Å². The van der Waals surface area contributed by atoms with Crippen LogP contribution in [0.2, 0.25) is 0 Å². The van der Waals surface area contributed by atoms with E-state index in [0.717, 1.165) is 17.5 Å². The molecule has 2 atom stereocenters. The number of benzene rings is 2. The van der Waals surface area contributed by atoms with E-state index in [9.17, 15) is 4.39 Å². The fraction of sp³-hybridized carbons (Fsp3) is 0.200. The summed E-state index contributed by atoms with van der Waals surface area (Å²) in [5.74, 6) is 0.339. The standard InChI is InChI=1S/C15H14FN/c16-13-7-5-11(6-8-13)10-1-3-12(4-2-10)14-9-15(14)17/h1-8,14-15H,9,17H2. The molecule has 86 valence electrons. The Morgan fingerprint density at radius 2 is 1.35 bits per heavy atom. The molecule has 2 unspecified atom stereocenters. The SMILES string of the molecule is NC1CC1c1ccc(-c2ccc(F)cc2)cc1. The van der Waals surface area contributed by atoms with E-state index in [0.29, 0.717) is 12.0 Å². The van der Waals surface area contributed by atoms with Crippen molar-refractivity contribution in [2.75, 3.05) is 0 Å². The summed E-state index contributed by atoms with van der Waals surface area (Å²) in [5, 5.41) is 0. The molecule has 3 rings (SSSR count). The normalized spacial score (nSPS) is 22.5. The van der Waals surface area contributed by atoms with Gasteiger partial charge in [0.1, 0.15) is 5.82 Å². The molecule has 1 fully saturated rings. The highest BCUT2D eigenvalue weighted by Crippen LogP contribution is 2.39. The molecule has 0 spiro atoms. The van der Waals surface area contributed by atoms with E-state index in [1.165, 1.54) is 17.7 Å². The Kier molecular flexibility index (Phi) is 2.45. The number of hydrogen-bond donors (Lipinski definition) is 1. The van der Waals surface area contributed by atoms with Gasteiger partial charge in [0.2, 0.25) is 0 Å². The van der Waals surface area contributed by atoms with Crippen LogP contribution in [0, 0.1) is 5.82 Å². The Hall–Kier alpha value is -1.67. The van der Waals surface area contributed by atoms with Crippen LogP contribution in [0.15, 0.2) is 48.5 Å². The third-order valence-corrected chi connectivity index (χ3v) is 3.36. The summed E-state index contributed by atoms with van der Waals surface area (Å²) in [6, 6.07) is 15.3. The first kappa shape index (κ1) is 10.5. The average Bonchev–Trinajstić information content (AvgIpc) is 3.08. The first-order chi connectivity index (χ1) is 8.24. The van der Waals surface area contributed by atoms with Crippen LogP contribution >= 0.6 is 0 Å². The van der Waals surface area contributed by atoms with Gasteiger partial charge in [-0.05, 0) is 35.2 Å². The van der Waals surface area contributed by atoms with Gasteiger partial charge in [-0.1, -0.05) is 36.4 Å². The van der Waals surface area contributed by atoms with Gasteiger partial charge in [0, 0.05) is 12.0 Å². The summed E-state index contributed by atoms with van der Waals surface area (Å²) in [6.07, 6.45) is 1.09. The van der Waals surface area contributed by atoms with Crippen LogP contribution < -0.4 is 5.73 Å². The highest BCUT2D eigenvalue weighted by Gasteiger charge is 2.34. The number of rotatable bonds is 2. The summed E-state index contributed by atoms with van der Waals surface area (Å²) in [5.41, 5.74) is 9.29. The van der Waals surface area contributed by atoms with Crippen molar-refractivity contribution in [3.8, 4) is 11.1 Å². The molecule has 0 radical (unpaired) electrons. The van der Waals surface area contributed by atoms with Crippen LogP contribution in [0.5, 0.6) is 0 Å². The quantitative estimate of drug-likeness (QED) is 0.837. The monoisotopic (exact) mass is 227 g/mol. The number of halogens is 1. The van der Waals surface area contributed by atoms with E-state index in [1.807, 2.05) is 0 Å². The van der Waals surface area contributed by atoms with Crippen molar-refractivity contribution in [3.63, 3.8) is 0 Å². The van der Waals surface area contributed by atoms with Crippen LogP contribution in [-0.2, 0) is 0 Å². The molecule has 2 N–H and O–H groups in total. The van der Waals surface area contributed by atoms with Gasteiger partial charge in [-0.2, -0.15) is 0 Å². The molecule has 17 heavy (non-hydrogen) atoms. The van der Waals surface area contributed by atoms with Crippen LogP contribution in [0.3, 0.4) is 0 Å². The first-order valence-electron chi connectivity index (χ1n) is 5.85. The minimum atomic E-state index is -0.200. The first-order valence-corrected chi connectivity index (χ1v) is 5.85. The predicted octanol–water partition coefficient (Wildman–Crippen LogP) is 3.31. The number of hydrogen-bond acceptors (Lipinski definition) is 1. The van der Waals surface area contributed by atoms with E-state index in [-0.39, 0.29) is 5.82 Å². The predicted molar refractivity (Wildman–Crippen MR) is 67.2 cm³/mol. The Bertz CT molecular complexity index is 516. The molecule has 1 aliphatic rings. The minimum Gasteiger partial charge on any atom is -0.327 e. The fourth-order valence-corrected chi connectivity index (χ4v) is 2.16. The maximum Gasteiger partial charge on any atom is 0.123 e. The van der Waals surface area contributed by atoms with Crippen LogP contribution in [-0.4, -0.2) is 6.04 Å². The molecule has 1 saturated carbocycles. The molecule has 0 amide bonds. The van der Waals surface area contributed by atoms with E-state index in [1.54, 1.807) is 12.1 Å². The van der Waals surface area contributed by atoms with Crippen molar-refractivity contribution in [3.05, 3.63) is 59.9 Å². The van der Waals surface area contributed by atoms with Crippen molar-refractivity contribution in [1.29, 1.82) is 0 Å². The molecule has 0 heterocycles. The van der Waals surface area contributed by atoms with Crippen molar-refractivity contribution in [1.82, 2.24) is 0 Å². The third kappa shape index (κ3) is 2.08. The molecule has 1 aliphatic carbocycles. The van der Waals surface area contributed by atoms with Crippen molar-refractivity contribution >= 4 is 0 Å². The summed E-state index contributed by atoms with van der Waals surface area (Å²) >= 11 is 0. The lowest BCUT2D eigenvalue weighted by Gasteiger charge is -2.03. The van der Waals surface area contributed by atoms with Gasteiger partial charge in [0.05, 0.1) is 0 Å². The average molecular weight is 227 g/mol. The molecule has 0 aliphatic heterocycles. The maximum atomic E-state index is 12.8. The summed E-state index contributed by atoms with van der Waals surface area (Å²) in [4.78, 5) is 0. The molecule has 0 bridgehead atoms. The smallest absolute Gasteiger partial charge is 0.123 e. The van der Waals surface area contributed by atoms with Gasteiger partial charge in [0.15, 0.2) is 0 Å². The van der Waals surface area contributed by atoms with Gasteiger partial charge < -0.3 is 5.73 Å². The topological polar surface area (TPSA) is 26.0 Å². The van der Waals surface area contributed by atoms with Crippen molar-refractivity contribution in [2.45, 2.75) is 18.4 Å². The maximum absolute atomic E-state index is 12.8. The van der Waals surface area contributed by atoms with Gasteiger partial charge in [-0.25, -0.2) is 4.39 Å². The zero-order valence-electron chi connectivity index (χ0n) is 9.44. The third-order valence-electron chi connectivity index (χ3n) is 3.36. The Balaban J connectivity index is 1.86.